The molecule has 1 aliphatic rings. The third-order valence-corrected chi connectivity index (χ3v) is 4.01. The lowest BCUT2D eigenvalue weighted by Crippen LogP contribution is -2.50. The van der Waals surface area contributed by atoms with E-state index in [0.717, 1.165) is 0 Å². The Labute approximate surface area is 136 Å². The van der Waals surface area contributed by atoms with Gasteiger partial charge in [-0.3, -0.25) is 14.5 Å². The van der Waals surface area contributed by atoms with Gasteiger partial charge in [0.15, 0.2) is 0 Å². The van der Waals surface area contributed by atoms with Crippen molar-refractivity contribution in [3.8, 4) is 0 Å². The fourth-order valence-electron chi connectivity index (χ4n) is 2.10. The van der Waals surface area contributed by atoms with Crippen LogP contribution in [0, 0.1) is 0 Å². The number of nitrogens with zero attached hydrogens (tertiary/aromatic N) is 3. The van der Waals surface area contributed by atoms with Crippen molar-refractivity contribution in [1.82, 2.24) is 14.8 Å². The van der Waals surface area contributed by atoms with Crippen LogP contribution in [-0.4, -0.2) is 66.5 Å². The van der Waals surface area contributed by atoms with Gasteiger partial charge in [0.1, 0.15) is 5.15 Å². The van der Waals surface area contributed by atoms with Gasteiger partial charge in [-0.2, -0.15) is 0 Å². The highest BCUT2D eigenvalue weighted by Crippen LogP contribution is 2.20. The van der Waals surface area contributed by atoms with Crippen LogP contribution in [-0.2, 0) is 9.53 Å². The Hall–Kier alpha value is -1.18. The van der Waals surface area contributed by atoms with E-state index < -0.39 is 0 Å². The number of methoxy groups -OCH3 is 1. The van der Waals surface area contributed by atoms with Crippen LogP contribution < -0.4 is 0 Å². The molecule has 0 atom stereocenters. The lowest BCUT2D eigenvalue weighted by Gasteiger charge is -2.34. The zero-order chi connectivity index (χ0) is 15.4. The van der Waals surface area contributed by atoms with Gasteiger partial charge in [-0.1, -0.05) is 11.6 Å². The van der Waals surface area contributed by atoms with Gasteiger partial charge in [0.05, 0.1) is 19.2 Å². The van der Waals surface area contributed by atoms with Gasteiger partial charge in [0, 0.05) is 36.8 Å². The van der Waals surface area contributed by atoms with E-state index in [-0.39, 0.29) is 23.6 Å². The van der Waals surface area contributed by atoms with E-state index in [9.17, 15) is 9.59 Å². The van der Waals surface area contributed by atoms with Crippen LogP contribution in [0.25, 0.3) is 0 Å². The molecule has 114 valence electrons. The summed E-state index contributed by atoms with van der Waals surface area (Å²) in [7, 11) is 1.37. The lowest BCUT2D eigenvalue weighted by molar-refractivity contribution is -0.142. The van der Waals surface area contributed by atoms with Gasteiger partial charge in [-0.05, 0) is 22.0 Å². The van der Waals surface area contributed by atoms with Crippen molar-refractivity contribution in [1.29, 1.82) is 0 Å². The third-order valence-electron chi connectivity index (χ3n) is 3.28. The van der Waals surface area contributed by atoms with Crippen molar-refractivity contribution < 1.29 is 14.3 Å². The number of hydrogen-bond donors (Lipinski definition) is 0. The van der Waals surface area contributed by atoms with Crippen molar-refractivity contribution >= 4 is 39.4 Å². The molecule has 0 bridgehead atoms. The minimum atomic E-state index is -0.269. The summed E-state index contributed by atoms with van der Waals surface area (Å²) in [5, 5.41) is 0.195. The average Bonchev–Trinajstić information content (AvgIpc) is 2.49. The summed E-state index contributed by atoms with van der Waals surface area (Å²) in [6.07, 6.45) is 1.55. The Morgan fingerprint density at radius 2 is 2.05 bits per heavy atom. The van der Waals surface area contributed by atoms with E-state index in [1.165, 1.54) is 7.11 Å². The Morgan fingerprint density at radius 1 is 1.38 bits per heavy atom. The molecule has 1 saturated heterocycles. The third kappa shape index (κ3) is 4.15. The summed E-state index contributed by atoms with van der Waals surface area (Å²) in [5.41, 5.74) is 0.382. The van der Waals surface area contributed by atoms with E-state index in [0.29, 0.717) is 36.2 Å². The van der Waals surface area contributed by atoms with Crippen LogP contribution in [0.1, 0.15) is 10.4 Å². The molecule has 0 aromatic carbocycles. The first-order valence-corrected chi connectivity index (χ1v) is 7.58. The van der Waals surface area contributed by atoms with Crippen LogP contribution in [0.5, 0.6) is 0 Å². The number of esters is 1. The van der Waals surface area contributed by atoms with Gasteiger partial charge in [-0.15, -0.1) is 0 Å². The van der Waals surface area contributed by atoms with Crippen molar-refractivity contribution in [3.05, 3.63) is 27.5 Å². The number of amides is 1. The predicted molar refractivity (Wildman–Crippen MR) is 81.3 cm³/mol. The number of ether oxygens (including phenoxy) is 1. The van der Waals surface area contributed by atoms with Crippen LogP contribution >= 0.6 is 27.5 Å². The van der Waals surface area contributed by atoms with Crippen molar-refractivity contribution in [2.75, 3.05) is 39.8 Å². The van der Waals surface area contributed by atoms with Crippen LogP contribution in [0.2, 0.25) is 5.15 Å². The number of aromatic nitrogens is 1. The topological polar surface area (TPSA) is 62.7 Å². The molecule has 2 rings (SSSR count). The van der Waals surface area contributed by atoms with Gasteiger partial charge in [-0.25, -0.2) is 4.98 Å². The summed E-state index contributed by atoms with van der Waals surface area (Å²) >= 11 is 9.26. The van der Waals surface area contributed by atoms with Crippen LogP contribution in [0.3, 0.4) is 0 Å². The monoisotopic (exact) mass is 375 g/mol. The first-order valence-electron chi connectivity index (χ1n) is 6.40. The first-order chi connectivity index (χ1) is 10.0. The number of piperazine rings is 1. The smallest absolute Gasteiger partial charge is 0.319 e. The molecule has 0 spiro atoms. The number of hydrogen-bond acceptors (Lipinski definition) is 5. The molecule has 0 radical (unpaired) electrons. The summed E-state index contributed by atoms with van der Waals surface area (Å²) in [5.74, 6) is -0.416. The molecule has 0 unspecified atom stereocenters. The lowest BCUT2D eigenvalue weighted by atomic mass is 10.2. The number of carbonyl (C=O) groups excluding carboxylic acids is 2. The summed E-state index contributed by atoms with van der Waals surface area (Å²) in [4.78, 5) is 31.3. The number of pyridine rings is 1. The Kier molecular flexibility index (Phi) is 5.55. The number of carbonyl (C=O) groups is 2. The van der Waals surface area contributed by atoms with Gasteiger partial charge < -0.3 is 9.64 Å². The minimum Gasteiger partial charge on any atom is -0.468 e. The average molecular weight is 377 g/mol. The van der Waals surface area contributed by atoms with E-state index in [2.05, 4.69) is 25.7 Å². The molecule has 1 fully saturated rings. The molecule has 0 aliphatic carbocycles. The second-order valence-electron chi connectivity index (χ2n) is 4.64. The summed E-state index contributed by atoms with van der Waals surface area (Å²) in [6.45, 7) is 2.58. The summed E-state index contributed by atoms with van der Waals surface area (Å²) in [6, 6.07) is 1.67. The maximum absolute atomic E-state index is 12.4. The maximum Gasteiger partial charge on any atom is 0.319 e. The van der Waals surface area contributed by atoms with E-state index in [4.69, 9.17) is 11.6 Å². The molecule has 1 aromatic heterocycles. The molecule has 0 saturated carbocycles. The van der Waals surface area contributed by atoms with Crippen molar-refractivity contribution in [3.63, 3.8) is 0 Å². The zero-order valence-corrected chi connectivity index (χ0v) is 13.9. The quantitative estimate of drug-likeness (QED) is 0.590. The fraction of sp³-hybridized carbons (Fsp3) is 0.462. The number of halogens is 2. The molecule has 21 heavy (non-hydrogen) atoms. The Balaban J connectivity index is 1.97. The van der Waals surface area contributed by atoms with E-state index in [1.807, 2.05) is 4.90 Å². The normalized spacial score (nSPS) is 15.9. The van der Waals surface area contributed by atoms with E-state index in [1.54, 1.807) is 17.2 Å². The maximum atomic E-state index is 12.4. The zero-order valence-electron chi connectivity index (χ0n) is 11.5. The molecule has 1 amide bonds. The highest BCUT2D eigenvalue weighted by atomic mass is 79.9. The van der Waals surface area contributed by atoms with Crippen molar-refractivity contribution in [2.45, 2.75) is 0 Å². The largest absolute Gasteiger partial charge is 0.468 e. The van der Waals surface area contributed by atoms with Crippen LogP contribution in [0.15, 0.2) is 16.7 Å². The molecule has 1 aliphatic heterocycles. The SMILES string of the molecule is COC(=O)CN1CCN(C(=O)c2cc(Br)cnc2Cl)CC1. The molecule has 8 heteroatoms. The van der Waals surface area contributed by atoms with Gasteiger partial charge in [0.2, 0.25) is 0 Å². The molecular weight excluding hydrogens is 362 g/mol. The number of rotatable bonds is 3. The standard InChI is InChI=1S/C13H15BrClN3O3/c1-21-11(19)8-17-2-4-18(5-3-17)13(20)10-6-9(14)7-16-12(10)15/h6-7H,2-5,8H2,1H3. The molecule has 6 nitrogen and oxygen atoms in total. The van der Waals surface area contributed by atoms with Crippen molar-refractivity contribution in [2.24, 2.45) is 0 Å². The fourth-order valence-corrected chi connectivity index (χ4v) is 2.61. The minimum absolute atomic E-state index is 0.147. The van der Waals surface area contributed by atoms with Gasteiger partial charge >= 0.3 is 5.97 Å². The second kappa shape index (κ2) is 7.20. The first kappa shape index (κ1) is 16.2. The molecule has 1 aromatic rings. The highest BCUT2D eigenvalue weighted by Gasteiger charge is 2.25. The highest BCUT2D eigenvalue weighted by molar-refractivity contribution is 9.10. The Bertz CT molecular complexity index is 547. The molecular formula is C13H15BrClN3O3. The predicted octanol–water partition coefficient (Wildman–Crippen LogP) is 1.43. The molecule has 2 heterocycles. The van der Waals surface area contributed by atoms with Crippen LogP contribution in [0.4, 0.5) is 0 Å². The second-order valence-corrected chi connectivity index (χ2v) is 5.91. The molecule has 0 N–H and O–H groups in total. The summed E-state index contributed by atoms with van der Waals surface area (Å²) < 4.78 is 5.34. The van der Waals surface area contributed by atoms with E-state index >= 15 is 0 Å². The van der Waals surface area contributed by atoms with Gasteiger partial charge in [0.25, 0.3) is 5.91 Å². The Morgan fingerprint density at radius 3 is 2.67 bits per heavy atom.